The third-order valence-corrected chi connectivity index (χ3v) is 5.17. The zero-order valence-electron chi connectivity index (χ0n) is 11.8. The molecule has 1 saturated heterocycles. The van der Waals surface area contributed by atoms with Crippen molar-refractivity contribution in [1.29, 1.82) is 0 Å². The lowest BCUT2D eigenvalue weighted by molar-refractivity contribution is -0.151. The van der Waals surface area contributed by atoms with Crippen LogP contribution in [-0.2, 0) is 9.59 Å². The van der Waals surface area contributed by atoms with Crippen LogP contribution in [0.4, 0.5) is 0 Å². The lowest BCUT2D eigenvalue weighted by Gasteiger charge is -2.36. The van der Waals surface area contributed by atoms with Crippen molar-refractivity contribution in [3.8, 4) is 0 Å². The molecule has 0 bridgehead atoms. The quantitative estimate of drug-likeness (QED) is 0.825. The van der Waals surface area contributed by atoms with Crippen molar-refractivity contribution < 1.29 is 14.7 Å². The number of hydrogen-bond donors (Lipinski definition) is 1. The number of likely N-dealkylation sites (tertiary alicyclic amines) is 1. The first kappa shape index (κ1) is 16.4. The van der Waals surface area contributed by atoms with Crippen molar-refractivity contribution >= 4 is 39.6 Å². The number of thioether (sulfide) groups is 1. The fraction of sp³-hybridized carbons (Fsp3) is 0.467. The Kier molecular flexibility index (Phi) is 5.70. The van der Waals surface area contributed by atoms with Gasteiger partial charge in [-0.25, -0.2) is 4.79 Å². The molecule has 1 N–H and O–H groups in total. The standard InChI is InChI=1S/C15H18BrNO3S/c1-10-6-7-17(13(8-10)15(19)20)14(18)9-21-12-4-2-11(16)3-5-12/h2-5,10,13H,6-9H2,1H3,(H,19,20). The summed E-state index contributed by atoms with van der Waals surface area (Å²) < 4.78 is 0.995. The molecule has 1 aliphatic rings. The second-order valence-electron chi connectivity index (χ2n) is 5.31. The molecule has 1 aliphatic heterocycles. The Balaban J connectivity index is 1.95. The Labute approximate surface area is 137 Å². The third-order valence-electron chi connectivity index (χ3n) is 3.65. The molecule has 0 spiro atoms. The van der Waals surface area contributed by atoms with Crippen LogP contribution in [0.2, 0.25) is 0 Å². The molecule has 114 valence electrons. The van der Waals surface area contributed by atoms with E-state index in [9.17, 15) is 14.7 Å². The zero-order valence-corrected chi connectivity index (χ0v) is 14.2. The molecule has 1 amide bonds. The van der Waals surface area contributed by atoms with Gasteiger partial charge in [0.1, 0.15) is 6.04 Å². The first-order chi connectivity index (χ1) is 9.97. The molecule has 0 aromatic heterocycles. The average molecular weight is 372 g/mol. The van der Waals surface area contributed by atoms with E-state index in [2.05, 4.69) is 15.9 Å². The molecule has 0 radical (unpaired) electrons. The van der Waals surface area contributed by atoms with Crippen LogP contribution >= 0.6 is 27.7 Å². The van der Waals surface area contributed by atoms with Crippen LogP contribution in [0.5, 0.6) is 0 Å². The van der Waals surface area contributed by atoms with Gasteiger partial charge in [0.05, 0.1) is 5.75 Å². The highest BCUT2D eigenvalue weighted by molar-refractivity contribution is 9.10. The molecule has 1 aromatic rings. The van der Waals surface area contributed by atoms with Crippen LogP contribution in [0.1, 0.15) is 19.8 Å². The Morgan fingerprint density at radius 1 is 1.38 bits per heavy atom. The van der Waals surface area contributed by atoms with Crippen LogP contribution in [0.3, 0.4) is 0 Å². The third kappa shape index (κ3) is 4.48. The maximum Gasteiger partial charge on any atom is 0.326 e. The fourth-order valence-electron chi connectivity index (χ4n) is 2.43. The van der Waals surface area contributed by atoms with Gasteiger partial charge in [0.15, 0.2) is 0 Å². The molecule has 1 fully saturated rings. The van der Waals surface area contributed by atoms with Gasteiger partial charge in [-0.3, -0.25) is 4.79 Å². The summed E-state index contributed by atoms with van der Waals surface area (Å²) in [6.45, 7) is 2.58. The van der Waals surface area contributed by atoms with Gasteiger partial charge in [-0.15, -0.1) is 11.8 Å². The minimum atomic E-state index is -0.899. The number of rotatable bonds is 4. The number of halogens is 1. The Morgan fingerprint density at radius 3 is 2.67 bits per heavy atom. The highest BCUT2D eigenvalue weighted by Gasteiger charge is 2.34. The SMILES string of the molecule is CC1CCN(C(=O)CSc2ccc(Br)cc2)C(C(=O)O)C1. The van der Waals surface area contributed by atoms with E-state index in [-0.39, 0.29) is 11.7 Å². The topological polar surface area (TPSA) is 57.6 Å². The van der Waals surface area contributed by atoms with Crippen molar-refractivity contribution in [1.82, 2.24) is 4.90 Å². The normalized spacial score (nSPS) is 22.1. The van der Waals surface area contributed by atoms with Crippen LogP contribution in [0.25, 0.3) is 0 Å². The van der Waals surface area contributed by atoms with Gasteiger partial charge < -0.3 is 10.0 Å². The zero-order chi connectivity index (χ0) is 15.4. The molecule has 21 heavy (non-hydrogen) atoms. The highest BCUT2D eigenvalue weighted by Crippen LogP contribution is 2.25. The summed E-state index contributed by atoms with van der Waals surface area (Å²) in [6, 6.07) is 7.06. The van der Waals surface area contributed by atoms with E-state index in [0.717, 1.165) is 15.8 Å². The van der Waals surface area contributed by atoms with E-state index >= 15 is 0 Å². The molecule has 2 unspecified atom stereocenters. The number of carboxylic acid groups (broad SMARTS) is 1. The predicted octanol–water partition coefficient (Wildman–Crippen LogP) is 3.25. The molecule has 6 heteroatoms. The molecule has 1 aromatic carbocycles. The number of carbonyl (C=O) groups excluding carboxylic acids is 1. The van der Waals surface area contributed by atoms with E-state index in [4.69, 9.17) is 0 Å². The van der Waals surface area contributed by atoms with Crippen LogP contribution in [-0.4, -0.2) is 40.2 Å². The Hall–Kier alpha value is -1.01. The average Bonchev–Trinajstić information content (AvgIpc) is 2.46. The summed E-state index contributed by atoms with van der Waals surface area (Å²) in [5, 5.41) is 9.29. The van der Waals surface area contributed by atoms with E-state index in [1.807, 2.05) is 31.2 Å². The fourth-order valence-corrected chi connectivity index (χ4v) is 3.48. The monoisotopic (exact) mass is 371 g/mol. The maximum atomic E-state index is 12.3. The van der Waals surface area contributed by atoms with Gasteiger partial charge in [-0.05, 0) is 43.0 Å². The summed E-state index contributed by atoms with van der Waals surface area (Å²) in [5.41, 5.74) is 0. The lowest BCUT2D eigenvalue weighted by Crippen LogP contribution is -2.50. The Morgan fingerprint density at radius 2 is 2.05 bits per heavy atom. The van der Waals surface area contributed by atoms with E-state index in [0.29, 0.717) is 18.9 Å². The maximum absolute atomic E-state index is 12.3. The minimum Gasteiger partial charge on any atom is -0.480 e. The van der Waals surface area contributed by atoms with Gasteiger partial charge in [-0.1, -0.05) is 22.9 Å². The number of piperidine rings is 1. The largest absolute Gasteiger partial charge is 0.480 e. The summed E-state index contributed by atoms with van der Waals surface area (Å²) in [7, 11) is 0. The van der Waals surface area contributed by atoms with Gasteiger partial charge >= 0.3 is 5.97 Å². The van der Waals surface area contributed by atoms with E-state index < -0.39 is 12.0 Å². The van der Waals surface area contributed by atoms with Gasteiger partial charge in [-0.2, -0.15) is 0 Å². The molecular formula is C15H18BrNO3S. The summed E-state index contributed by atoms with van der Waals surface area (Å²) in [4.78, 5) is 26.1. The van der Waals surface area contributed by atoms with Crippen molar-refractivity contribution in [2.75, 3.05) is 12.3 Å². The number of carbonyl (C=O) groups is 2. The number of hydrogen-bond acceptors (Lipinski definition) is 3. The smallest absolute Gasteiger partial charge is 0.326 e. The molecule has 2 atom stereocenters. The summed E-state index contributed by atoms with van der Waals surface area (Å²) in [5.74, 6) is -0.361. The number of amides is 1. The molecule has 2 rings (SSSR count). The number of aliphatic carboxylic acids is 1. The number of benzene rings is 1. The predicted molar refractivity (Wildman–Crippen MR) is 86.4 cm³/mol. The number of nitrogens with zero attached hydrogens (tertiary/aromatic N) is 1. The van der Waals surface area contributed by atoms with Gasteiger partial charge in [0.25, 0.3) is 0 Å². The molecule has 4 nitrogen and oxygen atoms in total. The molecular weight excluding hydrogens is 354 g/mol. The second-order valence-corrected chi connectivity index (χ2v) is 7.28. The van der Waals surface area contributed by atoms with E-state index in [1.54, 1.807) is 0 Å². The van der Waals surface area contributed by atoms with E-state index in [1.165, 1.54) is 16.7 Å². The van der Waals surface area contributed by atoms with Crippen molar-refractivity contribution in [3.05, 3.63) is 28.7 Å². The van der Waals surface area contributed by atoms with Crippen molar-refractivity contribution in [2.45, 2.75) is 30.7 Å². The number of carboxylic acids is 1. The first-order valence-corrected chi connectivity index (χ1v) is 8.66. The molecule has 1 heterocycles. The minimum absolute atomic E-state index is 0.0952. The van der Waals surface area contributed by atoms with Gasteiger partial charge in [0, 0.05) is 15.9 Å². The first-order valence-electron chi connectivity index (χ1n) is 6.88. The summed E-state index contributed by atoms with van der Waals surface area (Å²) in [6.07, 6.45) is 1.42. The van der Waals surface area contributed by atoms with Crippen LogP contribution in [0.15, 0.2) is 33.6 Å². The van der Waals surface area contributed by atoms with Crippen molar-refractivity contribution in [2.24, 2.45) is 5.92 Å². The Bertz CT molecular complexity index is 520. The van der Waals surface area contributed by atoms with Crippen LogP contribution < -0.4 is 0 Å². The van der Waals surface area contributed by atoms with Gasteiger partial charge in [0.2, 0.25) is 5.91 Å². The lowest BCUT2D eigenvalue weighted by atomic mass is 9.92. The molecule has 0 aliphatic carbocycles. The molecule has 0 saturated carbocycles. The second kappa shape index (κ2) is 7.31. The highest BCUT2D eigenvalue weighted by atomic mass is 79.9. The van der Waals surface area contributed by atoms with Crippen LogP contribution in [0, 0.1) is 5.92 Å². The summed E-state index contributed by atoms with van der Waals surface area (Å²) >= 11 is 4.81. The van der Waals surface area contributed by atoms with Crippen molar-refractivity contribution in [3.63, 3.8) is 0 Å².